The number of nitrogens with one attached hydrogen (secondary N) is 1. The fraction of sp³-hybridized carbons (Fsp3) is 0.600. The Labute approximate surface area is 120 Å². The van der Waals surface area contributed by atoms with E-state index in [1.54, 1.807) is 7.11 Å². The molecule has 0 radical (unpaired) electrons. The fourth-order valence-corrected chi connectivity index (χ4v) is 2.76. The van der Waals surface area contributed by atoms with Crippen molar-refractivity contribution in [3.8, 4) is 11.5 Å². The molecule has 3 nitrogen and oxygen atoms in total. The maximum Gasteiger partial charge on any atom is 0.165 e. The smallest absolute Gasteiger partial charge is 0.165 e. The standard InChI is InChI=1S/C15H22ClNO2/c1-10(2)19-15-13(11-4-6-17-7-5-11)8-12(16)9-14(15)18-3/h8-11,17H,4-7H2,1-3H3. The summed E-state index contributed by atoms with van der Waals surface area (Å²) in [5.74, 6) is 2.08. The number of piperidine rings is 1. The van der Waals surface area contributed by atoms with E-state index in [-0.39, 0.29) is 6.10 Å². The number of hydrogen-bond donors (Lipinski definition) is 1. The highest BCUT2D eigenvalue weighted by Crippen LogP contribution is 2.41. The maximum atomic E-state index is 6.21. The SMILES string of the molecule is COc1cc(Cl)cc(C2CCNCC2)c1OC(C)C. The minimum Gasteiger partial charge on any atom is -0.493 e. The quantitative estimate of drug-likeness (QED) is 0.916. The van der Waals surface area contributed by atoms with Crippen molar-refractivity contribution in [1.29, 1.82) is 0 Å². The fourth-order valence-electron chi connectivity index (χ4n) is 2.54. The van der Waals surface area contributed by atoms with Crippen LogP contribution in [0.2, 0.25) is 5.02 Å². The molecule has 1 fully saturated rings. The van der Waals surface area contributed by atoms with E-state index in [0.29, 0.717) is 10.9 Å². The molecule has 0 saturated carbocycles. The van der Waals surface area contributed by atoms with Crippen molar-refractivity contribution < 1.29 is 9.47 Å². The Hall–Kier alpha value is -0.930. The van der Waals surface area contributed by atoms with Crippen LogP contribution in [-0.2, 0) is 0 Å². The molecule has 106 valence electrons. The molecule has 1 saturated heterocycles. The van der Waals surface area contributed by atoms with Crippen molar-refractivity contribution in [3.05, 3.63) is 22.7 Å². The second kappa shape index (κ2) is 6.49. The molecule has 1 aliphatic rings. The van der Waals surface area contributed by atoms with Crippen molar-refractivity contribution in [2.24, 2.45) is 0 Å². The number of halogens is 1. The lowest BCUT2D eigenvalue weighted by molar-refractivity contribution is 0.225. The predicted octanol–water partition coefficient (Wildman–Crippen LogP) is 3.60. The van der Waals surface area contributed by atoms with E-state index in [2.05, 4.69) is 5.32 Å². The van der Waals surface area contributed by atoms with Crippen molar-refractivity contribution in [2.75, 3.05) is 20.2 Å². The van der Waals surface area contributed by atoms with Crippen LogP contribution >= 0.6 is 11.6 Å². The topological polar surface area (TPSA) is 30.5 Å². The van der Waals surface area contributed by atoms with Gasteiger partial charge in [-0.15, -0.1) is 0 Å². The van der Waals surface area contributed by atoms with Gasteiger partial charge in [-0.2, -0.15) is 0 Å². The molecular weight excluding hydrogens is 262 g/mol. The lowest BCUT2D eigenvalue weighted by Gasteiger charge is -2.27. The predicted molar refractivity (Wildman–Crippen MR) is 78.6 cm³/mol. The van der Waals surface area contributed by atoms with Crippen molar-refractivity contribution in [3.63, 3.8) is 0 Å². The van der Waals surface area contributed by atoms with Gasteiger partial charge in [0.1, 0.15) is 0 Å². The first-order valence-corrected chi connectivity index (χ1v) is 7.24. The van der Waals surface area contributed by atoms with Crippen LogP contribution in [0.4, 0.5) is 0 Å². The zero-order valence-corrected chi connectivity index (χ0v) is 12.6. The molecule has 0 bridgehead atoms. The molecule has 19 heavy (non-hydrogen) atoms. The Morgan fingerprint density at radius 1 is 1.26 bits per heavy atom. The molecule has 0 unspecified atom stereocenters. The van der Waals surface area contributed by atoms with E-state index in [1.807, 2.05) is 26.0 Å². The van der Waals surface area contributed by atoms with E-state index in [0.717, 1.165) is 37.4 Å². The average molecular weight is 284 g/mol. The Balaban J connectivity index is 2.40. The number of methoxy groups -OCH3 is 1. The summed E-state index contributed by atoms with van der Waals surface area (Å²) in [6.07, 6.45) is 2.34. The maximum absolute atomic E-state index is 6.21. The zero-order chi connectivity index (χ0) is 13.8. The van der Waals surface area contributed by atoms with Gasteiger partial charge < -0.3 is 14.8 Å². The lowest BCUT2D eigenvalue weighted by atomic mass is 9.89. The van der Waals surface area contributed by atoms with Crippen molar-refractivity contribution in [2.45, 2.75) is 38.7 Å². The first kappa shape index (κ1) is 14.5. The Bertz CT molecular complexity index is 428. The number of ether oxygens (including phenoxy) is 2. The summed E-state index contributed by atoms with van der Waals surface area (Å²) < 4.78 is 11.4. The second-order valence-corrected chi connectivity index (χ2v) is 5.65. The van der Waals surface area contributed by atoms with Crippen LogP contribution in [0.3, 0.4) is 0 Å². The van der Waals surface area contributed by atoms with Gasteiger partial charge in [-0.1, -0.05) is 11.6 Å². The molecule has 1 heterocycles. The van der Waals surface area contributed by atoms with Crippen molar-refractivity contribution in [1.82, 2.24) is 5.32 Å². The third kappa shape index (κ3) is 3.54. The summed E-state index contributed by atoms with van der Waals surface area (Å²) in [5.41, 5.74) is 1.18. The largest absolute Gasteiger partial charge is 0.493 e. The highest BCUT2D eigenvalue weighted by atomic mass is 35.5. The molecule has 4 heteroatoms. The van der Waals surface area contributed by atoms with Crippen molar-refractivity contribution >= 4 is 11.6 Å². The van der Waals surface area contributed by atoms with E-state index in [9.17, 15) is 0 Å². The van der Waals surface area contributed by atoms with Gasteiger partial charge in [0.15, 0.2) is 11.5 Å². The summed E-state index contributed by atoms with van der Waals surface area (Å²) >= 11 is 6.21. The molecule has 0 amide bonds. The van der Waals surface area contributed by atoms with E-state index >= 15 is 0 Å². The van der Waals surface area contributed by atoms with E-state index in [4.69, 9.17) is 21.1 Å². The van der Waals surface area contributed by atoms with E-state index < -0.39 is 0 Å². The van der Waals surface area contributed by atoms with Crippen LogP contribution in [-0.4, -0.2) is 26.3 Å². The highest BCUT2D eigenvalue weighted by molar-refractivity contribution is 6.30. The monoisotopic (exact) mass is 283 g/mol. The van der Waals surface area contributed by atoms with Crippen LogP contribution in [0.5, 0.6) is 11.5 Å². The van der Waals surface area contributed by atoms with Gasteiger partial charge in [0, 0.05) is 16.7 Å². The van der Waals surface area contributed by atoms with Crippen LogP contribution in [0.1, 0.15) is 38.2 Å². The van der Waals surface area contributed by atoms with Gasteiger partial charge in [0.05, 0.1) is 13.2 Å². The summed E-state index contributed by atoms with van der Waals surface area (Å²) in [6.45, 7) is 6.14. The summed E-state index contributed by atoms with van der Waals surface area (Å²) in [5, 5.41) is 4.09. The molecule has 0 spiro atoms. The zero-order valence-electron chi connectivity index (χ0n) is 11.8. The van der Waals surface area contributed by atoms with Gasteiger partial charge in [-0.3, -0.25) is 0 Å². The number of hydrogen-bond acceptors (Lipinski definition) is 3. The molecule has 0 aromatic heterocycles. The lowest BCUT2D eigenvalue weighted by Crippen LogP contribution is -2.27. The van der Waals surface area contributed by atoms with Crippen LogP contribution in [0, 0.1) is 0 Å². The Morgan fingerprint density at radius 3 is 2.53 bits per heavy atom. The minimum atomic E-state index is 0.121. The van der Waals surface area contributed by atoms with E-state index in [1.165, 1.54) is 5.56 Å². The Kier molecular flexibility index (Phi) is 4.94. The first-order valence-electron chi connectivity index (χ1n) is 6.86. The van der Waals surface area contributed by atoms with Gasteiger partial charge in [-0.25, -0.2) is 0 Å². The third-order valence-corrected chi connectivity index (χ3v) is 3.62. The first-order chi connectivity index (χ1) is 9.11. The third-order valence-electron chi connectivity index (χ3n) is 3.40. The molecule has 1 N–H and O–H groups in total. The van der Waals surface area contributed by atoms with Crippen LogP contribution < -0.4 is 14.8 Å². The normalized spacial score (nSPS) is 16.7. The van der Waals surface area contributed by atoms with Crippen LogP contribution in [0.25, 0.3) is 0 Å². The number of benzene rings is 1. The average Bonchev–Trinajstić information content (AvgIpc) is 2.40. The van der Waals surface area contributed by atoms with Gasteiger partial charge in [-0.05, 0) is 51.8 Å². The molecular formula is C15H22ClNO2. The molecule has 0 aliphatic carbocycles. The molecule has 2 rings (SSSR count). The highest BCUT2D eigenvalue weighted by Gasteiger charge is 2.23. The second-order valence-electron chi connectivity index (χ2n) is 5.22. The summed E-state index contributed by atoms with van der Waals surface area (Å²) in [6, 6.07) is 3.85. The molecule has 1 aliphatic heterocycles. The molecule has 1 aromatic carbocycles. The molecule has 1 aromatic rings. The Morgan fingerprint density at radius 2 is 1.95 bits per heavy atom. The minimum absolute atomic E-state index is 0.121. The van der Waals surface area contributed by atoms with Gasteiger partial charge in [0.25, 0.3) is 0 Å². The van der Waals surface area contributed by atoms with Gasteiger partial charge in [0.2, 0.25) is 0 Å². The van der Waals surface area contributed by atoms with Gasteiger partial charge >= 0.3 is 0 Å². The number of rotatable bonds is 4. The van der Waals surface area contributed by atoms with Crippen LogP contribution in [0.15, 0.2) is 12.1 Å². The molecule has 0 atom stereocenters. The summed E-state index contributed by atoms with van der Waals surface area (Å²) in [7, 11) is 1.66. The summed E-state index contributed by atoms with van der Waals surface area (Å²) in [4.78, 5) is 0.